The number of aliphatic hydroxyl groups excluding tert-OH is 4. The van der Waals surface area contributed by atoms with Crippen LogP contribution in [0.4, 0.5) is 8.78 Å². The number of cyclic esters (lactones) is 1. The fourth-order valence-corrected chi connectivity index (χ4v) is 6.17. The molecule has 0 saturated carbocycles. The van der Waals surface area contributed by atoms with Gasteiger partial charge in [-0.25, -0.2) is 4.39 Å². The molecular weight excluding hydrogens is 624 g/mol. The molecular formula is C29H33F2NO14. The average Bonchev–Trinajstić information content (AvgIpc) is 3.67. The number of phenols is 1. The van der Waals surface area contributed by atoms with Crippen molar-refractivity contribution in [3.63, 3.8) is 0 Å². The largest absolute Gasteiger partial charge is 0.502 e. The van der Waals surface area contributed by atoms with Crippen LogP contribution in [0, 0.1) is 11.8 Å². The Balaban J connectivity index is 0.000000270. The van der Waals surface area contributed by atoms with Gasteiger partial charge in [0.25, 0.3) is 5.91 Å². The predicted octanol–water partition coefficient (Wildman–Crippen LogP) is -0.725. The number of aliphatic hydroxyl groups is 5. The molecule has 15 nitrogen and oxygen atoms in total. The van der Waals surface area contributed by atoms with E-state index in [0.29, 0.717) is 28.2 Å². The molecule has 2 aromatic carbocycles. The third-order valence-electron chi connectivity index (χ3n) is 8.40. The number of alkyl halides is 2. The van der Waals surface area contributed by atoms with Gasteiger partial charge in [0.05, 0.1) is 39.4 Å². The summed E-state index contributed by atoms with van der Waals surface area (Å²) >= 11 is 0. The molecule has 6 rings (SSSR count). The van der Waals surface area contributed by atoms with Gasteiger partial charge in [-0.3, -0.25) is 9.59 Å². The van der Waals surface area contributed by atoms with E-state index in [1.807, 2.05) is 0 Å². The van der Waals surface area contributed by atoms with Gasteiger partial charge >= 0.3 is 12.0 Å². The third-order valence-corrected chi connectivity index (χ3v) is 8.40. The number of benzene rings is 2. The maximum atomic E-state index is 13.1. The highest BCUT2D eigenvalue weighted by molar-refractivity contribution is 5.81. The van der Waals surface area contributed by atoms with E-state index in [1.54, 1.807) is 24.3 Å². The number of rotatable bonds is 6. The fourth-order valence-electron chi connectivity index (χ4n) is 6.17. The predicted molar refractivity (Wildman–Crippen MR) is 146 cm³/mol. The zero-order chi connectivity index (χ0) is 33.5. The highest BCUT2D eigenvalue weighted by Crippen LogP contribution is 2.55. The molecule has 3 heterocycles. The van der Waals surface area contributed by atoms with Gasteiger partial charge in [-0.05, 0) is 41.0 Å². The summed E-state index contributed by atoms with van der Waals surface area (Å²) in [7, 11) is 2.83. The zero-order valence-corrected chi connectivity index (χ0v) is 24.5. The average molecular weight is 658 g/mol. The second-order valence-corrected chi connectivity index (χ2v) is 11.0. The standard InChI is InChI=1S/C23H22FNO8.C6H11FO6/c1-29-16-3-10(4-17(30-2)22(16)27)19-11-5-14-15(33-9-32-14)6-12(11)21(25-18(26)7-24)13-8-31-23(28)20(13)19;7-6(12)5(11)4(10)3(9)2(1-8)13-6/h3-6,13,19-21,27H,7-9H2,1-2H3,(H,25,26);2-5,8-12H,1H2/t13-,19+,20-,21+;2-,3-,4+,5-,6-/m01/s1. The molecule has 17 heteroatoms. The maximum absolute atomic E-state index is 13.1. The van der Waals surface area contributed by atoms with Gasteiger partial charge in [0.2, 0.25) is 12.5 Å². The van der Waals surface area contributed by atoms with E-state index in [2.05, 4.69) is 10.1 Å². The van der Waals surface area contributed by atoms with Crippen molar-refractivity contribution in [2.75, 3.05) is 40.9 Å². The molecule has 4 aliphatic rings. The Morgan fingerprint density at radius 2 is 1.63 bits per heavy atom. The Morgan fingerprint density at radius 1 is 1.02 bits per heavy atom. The minimum absolute atomic E-state index is 0.0418. The Labute approximate surface area is 259 Å². The number of esters is 1. The number of ether oxygens (including phenoxy) is 6. The Morgan fingerprint density at radius 3 is 2.20 bits per heavy atom. The summed E-state index contributed by atoms with van der Waals surface area (Å²) in [6.07, 6.45) is -7.27. The lowest BCUT2D eigenvalue weighted by Crippen LogP contribution is -2.63. The number of methoxy groups -OCH3 is 2. The number of aromatic hydroxyl groups is 1. The molecule has 252 valence electrons. The summed E-state index contributed by atoms with van der Waals surface area (Å²) < 4.78 is 57.1. The highest BCUT2D eigenvalue weighted by Gasteiger charge is 2.54. The van der Waals surface area contributed by atoms with Crippen LogP contribution in [0.15, 0.2) is 24.3 Å². The quantitative estimate of drug-likeness (QED) is 0.191. The van der Waals surface area contributed by atoms with E-state index in [-0.39, 0.29) is 30.6 Å². The van der Waals surface area contributed by atoms with Crippen LogP contribution in [-0.4, -0.2) is 114 Å². The monoisotopic (exact) mass is 657 g/mol. The minimum atomic E-state index is -3.45. The van der Waals surface area contributed by atoms with E-state index in [9.17, 15) is 23.5 Å². The molecule has 9 atom stereocenters. The van der Waals surface area contributed by atoms with Crippen LogP contribution in [0.1, 0.15) is 28.7 Å². The summed E-state index contributed by atoms with van der Waals surface area (Å²) in [6, 6.07) is 2.68. The lowest BCUT2D eigenvalue weighted by Gasteiger charge is -2.40. The van der Waals surface area contributed by atoms with E-state index < -0.39 is 79.4 Å². The van der Waals surface area contributed by atoms with Crippen molar-refractivity contribution in [3.8, 4) is 28.7 Å². The summed E-state index contributed by atoms with van der Waals surface area (Å²) in [5.74, 6) is -1.68. The molecule has 0 aromatic heterocycles. The number of carbonyl (C=O) groups is 2. The minimum Gasteiger partial charge on any atom is -0.502 e. The van der Waals surface area contributed by atoms with Crippen LogP contribution in [0.5, 0.6) is 28.7 Å². The van der Waals surface area contributed by atoms with Crippen molar-refractivity contribution in [2.45, 2.75) is 42.4 Å². The van der Waals surface area contributed by atoms with Crippen molar-refractivity contribution < 1.29 is 77.4 Å². The number of phenolic OH excluding ortho intramolecular Hbond substituents is 1. The highest BCUT2D eigenvalue weighted by atomic mass is 19.2. The smallest absolute Gasteiger partial charge is 0.347 e. The first-order chi connectivity index (χ1) is 21.9. The van der Waals surface area contributed by atoms with E-state index in [4.69, 9.17) is 49.2 Å². The molecule has 2 saturated heterocycles. The zero-order valence-electron chi connectivity index (χ0n) is 24.5. The van der Waals surface area contributed by atoms with Crippen molar-refractivity contribution in [3.05, 3.63) is 41.0 Å². The van der Waals surface area contributed by atoms with Gasteiger partial charge < -0.3 is 64.4 Å². The molecule has 0 bridgehead atoms. The molecule has 0 radical (unpaired) electrons. The Bertz CT molecular complexity index is 1450. The Kier molecular flexibility index (Phi) is 9.44. The number of carbonyl (C=O) groups excluding carboxylic acids is 2. The SMILES string of the molecule is COc1cc([C@@H]2c3cc4c(cc3[C@@H](NC(=O)CF)[C@H]3COC(=O)[C@H]23)OCO4)cc(OC)c1O.OC[C@H]1O[C@@](O)(F)[C@H](O)[C@@H](O)[C@@H]1O. The molecule has 0 spiro atoms. The van der Waals surface area contributed by atoms with Gasteiger partial charge in [0, 0.05) is 11.8 Å². The lowest BCUT2D eigenvalue weighted by atomic mass is 9.65. The molecule has 7 N–H and O–H groups in total. The van der Waals surface area contributed by atoms with Crippen molar-refractivity contribution in [2.24, 2.45) is 11.8 Å². The number of hydrogen-bond acceptors (Lipinski definition) is 14. The second-order valence-electron chi connectivity index (χ2n) is 11.0. The third kappa shape index (κ3) is 5.85. The maximum Gasteiger partial charge on any atom is 0.347 e. The van der Waals surface area contributed by atoms with Gasteiger partial charge in [0.15, 0.2) is 35.8 Å². The fraction of sp³-hybridized carbons (Fsp3) is 0.517. The molecule has 1 amide bonds. The van der Waals surface area contributed by atoms with Gasteiger partial charge in [-0.1, -0.05) is 0 Å². The summed E-state index contributed by atoms with van der Waals surface area (Å²) in [4.78, 5) is 25.0. The number of halogens is 2. The molecule has 2 fully saturated rings. The van der Waals surface area contributed by atoms with Crippen LogP contribution in [0.25, 0.3) is 0 Å². The number of nitrogens with one attached hydrogen (secondary N) is 1. The molecule has 1 aliphatic carbocycles. The normalized spacial score (nSPS) is 32.3. The van der Waals surface area contributed by atoms with Gasteiger partial charge in [-0.2, -0.15) is 4.39 Å². The van der Waals surface area contributed by atoms with Gasteiger partial charge in [0.1, 0.15) is 18.3 Å². The molecule has 46 heavy (non-hydrogen) atoms. The van der Waals surface area contributed by atoms with Crippen LogP contribution < -0.4 is 24.3 Å². The van der Waals surface area contributed by atoms with Crippen LogP contribution in [0.3, 0.4) is 0 Å². The molecule has 2 aromatic rings. The molecule has 3 aliphatic heterocycles. The van der Waals surface area contributed by atoms with Crippen molar-refractivity contribution >= 4 is 11.9 Å². The van der Waals surface area contributed by atoms with Crippen LogP contribution in [0.2, 0.25) is 0 Å². The van der Waals surface area contributed by atoms with Gasteiger partial charge in [-0.15, -0.1) is 0 Å². The summed E-state index contributed by atoms with van der Waals surface area (Å²) in [5, 5.41) is 57.2. The van der Waals surface area contributed by atoms with E-state index >= 15 is 0 Å². The number of hydrogen-bond donors (Lipinski definition) is 7. The van der Waals surface area contributed by atoms with E-state index in [1.165, 1.54) is 14.2 Å². The first kappa shape index (κ1) is 33.4. The number of fused-ring (bicyclic) bond motifs is 3. The summed E-state index contributed by atoms with van der Waals surface area (Å²) in [6.45, 7) is -1.85. The van der Waals surface area contributed by atoms with Crippen LogP contribution >= 0.6 is 0 Å². The first-order valence-electron chi connectivity index (χ1n) is 14.0. The van der Waals surface area contributed by atoms with Crippen LogP contribution in [-0.2, 0) is 19.1 Å². The molecule has 0 unspecified atom stereocenters. The topological polar surface area (TPSA) is 223 Å². The second kappa shape index (κ2) is 13.0. The summed E-state index contributed by atoms with van der Waals surface area (Å²) in [5.41, 5.74) is 2.01. The van der Waals surface area contributed by atoms with Crippen molar-refractivity contribution in [1.82, 2.24) is 5.32 Å². The van der Waals surface area contributed by atoms with Crippen molar-refractivity contribution in [1.29, 1.82) is 0 Å². The Hall–Kier alpha value is -4.00. The number of amides is 1. The van der Waals surface area contributed by atoms with E-state index in [0.717, 1.165) is 0 Å². The lowest BCUT2D eigenvalue weighted by molar-refractivity contribution is -0.403. The first-order valence-corrected chi connectivity index (χ1v) is 14.0.